The van der Waals surface area contributed by atoms with Crippen LogP contribution in [0.5, 0.6) is 0 Å². The summed E-state index contributed by atoms with van der Waals surface area (Å²) in [7, 11) is 0. The molecule has 0 radical (unpaired) electrons. The minimum atomic E-state index is -1.02. The number of carboxylic acid groups (broad SMARTS) is 1. The van der Waals surface area contributed by atoms with Gasteiger partial charge in [0.1, 0.15) is 5.03 Å². The van der Waals surface area contributed by atoms with Crippen LogP contribution in [0.25, 0.3) is 0 Å². The Morgan fingerprint density at radius 2 is 2.06 bits per heavy atom. The van der Waals surface area contributed by atoms with E-state index in [0.717, 1.165) is 11.8 Å². The number of hydrogen-bond donors (Lipinski definition) is 2. The highest BCUT2D eigenvalue weighted by molar-refractivity contribution is 7.99. The normalized spacial score (nSPS) is 10.1. The summed E-state index contributed by atoms with van der Waals surface area (Å²) in [5.74, 6) is -1.02. The van der Waals surface area contributed by atoms with Gasteiger partial charge in [-0.05, 0) is 23.9 Å². The van der Waals surface area contributed by atoms with Crippen LogP contribution in [0.1, 0.15) is 10.4 Å². The second kappa shape index (κ2) is 4.79. The van der Waals surface area contributed by atoms with Crippen LogP contribution in [0, 0.1) is 0 Å². The molecule has 17 heavy (non-hydrogen) atoms. The number of hydrogen-bond acceptors (Lipinski definition) is 5. The lowest BCUT2D eigenvalue weighted by Gasteiger charge is -2.00. The summed E-state index contributed by atoms with van der Waals surface area (Å²) in [4.78, 5) is 32.2. The highest BCUT2D eigenvalue weighted by Crippen LogP contribution is 2.21. The number of carbonyl (C=O) groups is 1. The Balaban J connectivity index is 2.27. The van der Waals surface area contributed by atoms with E-state index in [0.29, 0.717) is 10.2 Å². The smallest absolute Gasteiger partial charge is 0.335 e. The zero-order valence-corrected chi connectivity index (χ0v) is 9.27. The molecule has 0 saturated heterocycles. The molecule has 0 unspecified atom stereocenters. The summed E-state index contributed by atoms with van der Waals surface area (Å²) in [6, 6.07) is 4.11. The van der Waals surface area contributed by atoms with Crippen molar-refractivity contribution < 1.29 is 9.90 Å². The lowest BCUT2D eigenvalue weighted by molar-refractivity contribution is 0.0696. The number of aromatic carboxylic acids is 1. The van der Waals surface area contributed by atoms with Crippen LogP contribution in [-0.4, -0.2) is 26.0 Å². The minimum Gasteiger partial charge on any atom is -0.478 e. The van der Waals surface area contributed by atoms with E-state index in [1.165, 1.54) is 30.6 Å². The molecule has 6 nitrogen and oxygen atoms in total. The summed E-state index contributed by atoms with van der Waals surface area (Å²) in [6.07, 6.45) is 2.77. The fraction of sp³-hybridized carbons (Fsp3) is 0. The Morgan fingerprint density at radius 3 is 2.76 bits per heavy atom. The molecule has 0 saturated carbocycles. The highest BCUT2D eigenvalue weighted by atomic mass is 32.2. The Kier molecular flexibility index (Phi) is 3.20. The van der Waals surface area contributed by atoms with E-state index < -0.39 is 5.97 Å². The number of aromatic nitrogens is 3. The number of rotatable bonds is 3. The van der Waals surface area contributed by atoms with Gasteiger partial charge in [-0.3, -0.25) is 4.79 Å². The average Bonchev–Trinajstić information content (AvgIpc) is 2.29. The highest BCUT2D eigenvalue weighted by Gasteiger charge is 2.06. The lowest BCUT2D eigenvalue weighted by Crippen LogP contribution is -2.05. The van der Waals surface area contributed by atoms with Crippen molar-refractivity contribution in [3.05, 3.63) is 46.5 Å². The van der Waals surface area contributed by atoms with Crippen molar-refractivity contribution in [3.63, 3.8) is 0 Å². The van der Waals surface area contributed by atoms with Gasteiger partial charge in [-0.2, -0.15) is 0 Å². The van der Waals surface area contributed by atoms with Crippen LogP contribution >= 0.6 is 11.8 Å². The molecule has 2 N–H and O–H groups in total. The lowest BCUT2D eigenvalue weighted by atomic mass is 10.3. The molecule has 0 atom stereocenters. The van der Waals surface area contributed by atoms with Gasteiger partial charge >= 0.3 is 5.97 Å². The fourth-order valence-corrected chi connectivity index (χ4v) is 1.86. The van der Waals surface area contributed by atoms with Gasteiger partial charge in [0.25, 0.3) is 5.56 Å². The van der Waals surface area contributed by atoms with Crippen molar-refractivity contribution in [2.24, 2.45) is 0 Å². The van der Waals surface area contributed by atoms with Gasteiger partial charge in [0.05, 0.1) is 5.56 Å². The molecule has 0 aromatic carbocycles. The average molecular weight is 249 g/mol. The molecule has 0 fully saturated rings. The van der Waals surface area contributed by atoms with Crippen LogP contribution < -0.4 is 5.56 Å². The van der Waals surface area contributed by atoms with Crippen molar-refractivity contribution in [2.45, 2.75) is 10.2 Å². The van der Waals surface area contributed by atoms with Crippen molar-refractivity contribution >= 4 is 17.7 Å². The summed E-state index contributed by atoms with van der Waals surface area (Å²) in [6.45, 7) is 0. The third-order valence-electron chi connectivity index (χ3n) is 1.83. The summed E-state index contributed by atoms with van der Waals surface area (Å²) >= 11 is 1.09. The van der Waals surface area contributed by atoms with Gasteiger partial charge in [0, 0.05) is 18.5 Å². The predicted octanol–water partition coefficient (Wildman–Crippen LogP) is 1.01. The van der Waals surface area contributed by atoms with E-state index in [1.54, 1.807) is 0 Å². The topological polar surface area (TPSA) is 95.9 Å². The van der Waals surface area contributed by atoms with E-state index >= 15 is 0 Å². The molecule has 2 heterocycles. The van der Waals surface area contributed by atoms with Gasteiger partial charge < -0.3 is 10.1 Å². The first-order valence-corrected chi connectivity index (χ1v) is 5.39. The Bertz CT molecular complexity index is 611. The third kappa shape index (κ3) is 2.91. The van der Waals surface area contributed by atoms with E-state index in [2.05, 4.69) is 15.0 Å². The molecule has 0 aliphatic carbocycles. The summed E-state index contributed by atoms with van der Waals surface area (Å²) < 4.78 is 0. The number of aromatic amines is 1. The number of nitrogens with zero attached hydrogens (tertiary/aromatic N) is 2. The standard InChI is InChI=1S/C10H7N3O3S/c14-7-2-4-12-10(13-7)17-8-5-6(9(15)16)1-3-11-8/h1-5H,(H,15,16)(H,12,13,14). The zero-order chi connectivity index (χ0) is 12.3. The predicted molar refractivity (Wildman–Crippen MR) is 60.2 cm³/mol. The molecule has 0 bridgehead atoms. The number of pyridine rings is 1. The third-order valence-corrected chi connectivity index (χ3v) is 2.66. The van der Waals surface area contributed by atoms with Crippen LogP contribution in [0.15, 0.2) is 45.6 Å². The van der Waals surface area contributed by atoms with Crippen LogP contribution in [0.3, 0.4) is 0 Å². The summed E-state index contributed by atoms with van der Waals surface area (Å²) in [5, 5.41) is 9.63. The van der Waals surface area contributed by atoms with E-state index in [-0.39, 0.29) is 11.1 Å². The molecule has 2 rings (SSSR count). The van der Waals surface area contributed by atoms with Gasteiger partial charge in [-0.25, -0.2) is 14.8 Å². The maximum Gasteiger partial charge on any atom is 0.335 e. The molecule has 2 aromatic heterocycles. The molecule has 0 aliphatic heterocycles. The van der Waals surface area contributed by atoms with Gasteiger partial charge in [-0.1, -0.05) is 0 Å². The molecule has 2 aromatic rings. The fourth-order valence-electron chi connectivity index (χ4n) is 1.10. The van der Waals surface area contributed by atoms with Crippen LogP contribution in [0.4, 0.5) is 0 Å². The number of H-pyrrole nitrogens is 1. The monoisotopic (exact) mass is 249 g/mol. The molecular formula is C10H7N3O3S. The first kappa shape index (κ1) is 11.3. The maximum absolute atomic E-state index is 11.0. The van der Waals surface area contributed by atoms with Gasteiger partial charge in [0.15, 0.2) is 5.16 Å². The Morgan fingerprint density at radius 1 is 1.29 bits per heavy atom. The molecule has 0 aliphatic rings. The Hall–Kier alpha value is -2.15. The largest absolute Gasteiger partial charge is 0.478 e. The molecule has 0 amide bonds. The van der Waals surface area contributed by atoms with Gasteiger partial charge in [-0.15, -0.1) is 0 Å². The second-order valence-electron chi connectivity index (χ2n) is 3.03. The number of carboxylic acids is 1. The van der Waals surface area contributed by atoms with Crippen LogP contribution in [-0.2, 0) is 0 Å². The zero-order valence-electron chi connectivity index (χ0n) is 8.45. The first-order chi connectivity index (χ1) is 8.15. The number of nitrogens with one attached hydrogen (secondary N) is 1. The van der Waals surface area contributed by atoms with Gasteiger partial charge in [0.2, 0.25) is 0 Å². The van der Waals surface area contributed by atoms with Crippen molar-refractivity contribution in [3.8, 4) is 0 Å². The van der Waals surface area contributed by atoms with Crippen molar-refractivity contribution in [2.75, 3.05) is 0 Å². The molecule has 7 heteroatoms. The van der Waals surface area contributed by atoms with Crippen LogP contribution in [0.2, 0.25) is 0 Å². The maximum atomic E-state index is 11.0. The van der Waals surface area contributed by atoms with E-state index in [1.807, 2.05) is 0 Å². The second-order valence-corrected chi connectivity index (χ2v) is 4.04. The van der Waals surface area contributed by atoms with Crippen molar-refractivity contribution in [1.29, 1.82) is 0 Å². The molecular weight excluding hydrogens is 242 g/mol. The molecule has 86 valence electrons. The van der Waals surface area contributed by atoms with E-state index in [4.69, 9.17) is 5.11 Å². The SMILES string of the molecule is O=C(O)c1ccnc(Sc2nccc(=O)[nH]2)c1. The summed E-state index contributed by atoms with van der Waals surface area (Å²) in [5.41, 5.74) is -0.127. The molecule has 0 spiro atoms. The van der Waals surface area contributed by atoms with E-state index in [9.17, 15) is 9.59 Å². The Labute approximate surface area is 99.8 Å². The minimum absolute atomic E-state index is 0.140. The quantitative estimate of drug-likeness (QED) is 0.788. The van der Waals surface area contributed by atoms with Crippen molar-refractivity contribution in [1.82, 2.24) is 15.0 Å². The first-order valence-electron chi connectivity index (χ1n) is 4.58.